The minimum atomic E-state index is -0.651. The number of para-hydroxylation sites is 2. The topological polar surface area (TPSA) is 165 Å². The Hall–Kier alpha value is -7.73. The number of nitrogens with one attached hydrogen (secondary N) is 2. The summed E-state index contributed by atoms with van der Waals surface area (Å²) < 4.78 is 0. The van der Waals surface area contributed by atoms with Crippen LogP contribution in [0.25, 0.3) is 33.2 Å². The van der Waals surface area contributed by atoms with E-state index in [1.807, 2.05) is 24.3 Å². The number of carbonyl (C=O) groups excluding carboxylic acids is 3. The van der Waals surface area contributed by atoms with Crippen LogP contribution in [0.1, 0.15) is 31.8 Å². The fourth-order valence-corrected chi connectivity index (χ4v) is 7.47. The van der Waals surface area contributed by atoms with Gasteiger partial charge in [0.15, 0.2) is 17.2 Å². The van der Waals surface area contributed by atoms with E-state index in [0.717, 1.165) is 11.1 Å². The van der Waals surface area contributed by atoms with Crippen molar-refractivity contribution in [3.05, 3.63) is 189 Å². The van der Waals surface area contributed by atoms with E-state index in [9.17, 15) is 24.6 Å². The van der Waals surface area contributed by atoms with E-state index in [-0.39, 0.29) is 33.9 Å². The Kier molecular flexibility index (Phi) is 9.81. The molecule has 13 heteroatoms. The fourth-order valence-electron chi connectivity index (χ4n) is 7.10. The number of rotatable bonds is 8. The summed E-state index contributed by atoms with van der Waals surface area (Å²) in [6.45, 7) is 0. The number of allylic oxidation sites excluding steroid dienone is 3. The normalized spacial score (nSPS) is 13.5. The van der Waals surface area contributed by atoms with Crippen molar-refractivity contribution in [2.75, 3.05) is 10.6 Å². The van der Waals surface area contributed by atoms with Crippen molar-refractivity contribution in [3.63, 3.8) is 0 Å². The predicted molar refractivity (Wildman–Crippen MR) is 233 cm³/mol. The molecule has 9 rings (SSSR count). The van der Waals surface area contributed by atoms with Crippen molar-refractivity contribution in [1.82, 2.24) is 0 Å². The van der Waals surface area contributed by atoms with Gasteiger partial charge in [-0.05, 0) is 76.0 Å². The monoisotopic (exact) mass is 826 g/mol. The molecule has 2 amide bonds. The van der Waals surface area contributed by atoms with Crippen LogP contribution in [0.4, 0.5) is 22.7 Å². The Morgan fingerprint density at radius 3 is 1.58 bits per heavy atom. The highest BCUT2D eigenvalue weighted by molar-refractivity contribution is 6.34. The molecule has 0 fully saturated rings. The number of amides is 2. The molecule has 0 saturated heterocycles. The maximum Gasteiger partial charge on any atom is 0.259 e. The highest BCUT2D eigenvalue weighted by Gasteiger charge is 2.33. The third-order valence-corrected chi connectivity index (χ3v) is 10.7. The number of nitrogens with zero attached hydrogens (tertiary/aromatic N) is 4. The minimum Gasteiger partial charge on any atom is -0.505 e. The second-order valence-corrected chi connectivity index (χ2v) is 14.5. The number of fused-ring (bicyclic) bond motifs is 5. The Labute approximate surface area is 351 Å². The van der Waals surface area contributed by atoms with Crippen molar-refractivity contribution < 1.29 is 24.6 Å². The fraction of sp³-hybridized carbons (Fsp3) is 0. The highest BCUT2D eigenvalue weighted by atomic mass is 35.5. The van der Waals surface area contributed by atoms with Gasteiger partial charge in [-0.1, -0.05) is 120 Å². The molecule has 11 nitrogen and oxygen atoms in total. The zero-order chi connectivity index (χ0) is 41.5. The maximum atomic E-state index is 14.4. The first-order chi connectivity index (χ1) is 29.2. The van der Waals surface area contributed by atoms with Gasteiger partial charge < -0.3 is 20.8 Å². The van der Waals surface area contributed by atoms with Gasteiger partial charge in [-0.25, -0.2) is 0 Å². The number of aromatic hydroxyl groups is 2. The summed E-state index contributed by atoms with van der Waals surface area (Å²) in [5, 5.41) is 49.2. The molecule has 2 aliphatic carbocycles. The average molecular weight is 828 g/mol. The number of azo groups is 2. The van der Waals surface area contributed by atoms with E-state index in [0.29, 0.717) is 54.1 Å². The van der Waals surface area contributed by atoms with Crippen LogP contribution in [0.2, 0.25) is 10.0 Å². The molecule has 7 aromatic carbocycles. The summed E-state index contributed by atoms with van der Waals surface area (Å²) >= 11 is 12.6. The van der Waals surface area contributed by atoms with E-state index in [4.69, 9.17) is 23.2 Å². The van der Waals surface area contributed by atoms with Crippen molar-refractivity contribution in [3.8, 4) is 11.5 Å². The van der Waals surface area contributed by atoms with Gasteiger partial charge in [0.05, 0.1) is 32.5 Å². The maximum absolute atomic E-state index is 14.4. The number of phenolic OH excluding ortho intramolecular Hbond substituents is 2. The number of phenols is 2. The molecule has 0 radical (unpaired) electrons. The summed E-state index contributed by atoms with van der Waals surface area (Å²) in [7, 11) is 0. The lowest BCUT2D eigenvalue weighted by Gasteiger charge is -2.15. The van der Waals surface area contributed by atoms with Crippen LogP contribution >= 0.6 is 23.2 Å². The number of ketones is 1. The third-order valence-electron chi connectivity index (χ3n) is 10.1. The zero-order valence-corrected chi connectivity index (χ0v) is 32.5. The van der Waals surface area contributed by atoms with Crippen molar-refractivity contribution in [2.45, 2.75) is 0 Å². The molecule has 0 unspecified atom stereocenters. The molecule has 0 spiro atoms. The number of hydrogen-bond acceptors (Lipinski definition) is 9. The smallest absolute Gasteiger partial charge is 0.259 e. The van der Waals surface area contributed by atoms with Crippen LogP contribution in [0.3, 0.4) is 0 Å². The second kappa shape index (κ2) is 15.6. The summed E-state index contributed by atoms with van der Waals surface area (Å²) in [5.74, 6) is -2.77. The SMILES string of the molecule is O=C1C2=Cc3ccccc3C2=CC(N=Nc2c(O)c(C(=O)Nc3ccccc3Cl)cc3ccccc23)=C1N=Nc1c(O)c(C(=O)Nc2ccccc2Cl)cc2ccccc12. The molecule has 0 aromatic heterocycles. The number of benzene rings is 7. The third kappa shape index (κ3) is 6.87. The van der Waals surface area contributed by atoms with Crippen molar-refractivity contribution in [2.24, 2.45) is 20.5 Å². The highest BCUT2D eigenvalue weighted by Crippen LogP contribution is 2.45. The summed E-state index contributed by atoms with van der Waals surface area (Å²) in [4.78, 5) is 41.6. The number of hydrogen-bond donors (Lipinski definition) is 4. The van der Waals surface area contributed by atoms with Gasteiger partial charge >= 0.3 is 0 Å². The van der Waals surface area contributed by atoms with Crippen molar-refractivity contribution in [1.29, 1.82) is 0 Å². The zero-order valence-electron chi connectivity index (χ0n) is 31.0. The van der Waals surface area contributed by atoms with Crippen LogP contribution in [0.5, 0.6) is 11.5 Å². The van der Waals surface area contributed by atoms with E-state index in [2.05, 4.69) is 31.1 Å². The second-order valence-electron chi connectivity index (χ2n) is 13.7. The number of carbonyl (C=O) groups is 3. The Balaban J connectivity index is 1.18. The molecule has 2 aliphatic rings. The van der Waals surface area contributed by atoms with E-state index in [1.54, 1.807) is 109 Å². The van der Waals surface area contributed by atoms with Gasteiger partial charge in [-0.3, -0.25) is 14.4 Å². The standard InChI is InChI=1S/C47H28Cl2N6O5/c48-35-17-7-9-19-37(35)50-46(59)33-22-26-12-2-5-15-29(26)40(44(33)57)53-52-39-24-31-28-14-4-1-11-25(28)21-32(31)43(56)42(39)55-54-41-30-16-6-3-13-27(30)23-34(45(41)58)47(60)51-38-20-10-8-18-36(38)49/h1-24,57-58H,(H,50,59)(H,51,60). The molecule has 0 heterocycles. The molecule has 290 valence electrons. The minimum absolute atomic E-state index is 0.0154. The van der Waals surface area contributed by atoms with Crippen LogP contribution in [-0.4, -0.2) is 27.8 Å². The largest absolute Gasteiger partial charge is 0.505 e. The summed E-state index contributed by atoms with van der Waals surface area (Å²) in [5.41, 5.74) is 2.65. The Morgan fingerprint density at radius 2 is 1.02 bits per heavy atom. The number of Topliss-reactive ketones (excluding diaryl/α,β-unsaturated/α-hetero) is 1. The first-order valence-electron chi connectivity index (χ1n) is 18.4. The molecule has 4 N–H and O–H groups in total. The van der Waals surface area contributed by atoms with Crippen molar-refractivity contribution >= 4 is 96.7 Å². The molecule has 0 saturated carbocycles. The van der Waals surface area contributed by atoms with Crippen LogP contribution in [0.15, 0.2) is 177 Å². The predicted octanol–water partition coefficient (Wildman–Crippen LogP) is 12.4. The van der Waals surface area contributed by atoms with Gasteiger partial charge in [0.1, 0.15) is 17.1 Å². The lowest BCUT2D eigenvalue weighted by atomic mass is 9.93. The van der Waals surface area contributed by atoms with Crippen LogP contribution in [0, 0.1) is 0 Å². The lowest BCUT2D eigenvalue weighted by Crippen LogP contribution is -2.12. The van der Waals surface area contributed by atoms with Gasteiger partial charge in [0.2, 0.25) is 5.78 Å². The van der Waals surface area contributed by atoms with Gasteiger partial charge in [0.25, 0.3) is 11.8 Å². The van der Waals surface area contributed by atoms with E-state index >= 15 is 0 Å². The number of anilines is 2. The van der Waals surface area contributed by atoms with Gasteiger partial charge in [-0.2, -0.15) is 0 Å². The molecule has 0 atom stereocenters. The Morgan fingerprint density at radius 1 is 0.533 bits per heavy atom. The molecule has 60 heavy (non-hydrogen) atoms. The first-order valence-corrected chi connectivity index (χ1v) is 19.2. The molecular weight excluding hydrogens is 799 g/mol. The Bertz CT molecular complexity index is 3170. The first kappa shape index (κ1) is 37.8. The van der Waals surface area contributed by atoms with E-state index < -0.39 is 29.1 Å². The van der Waals surface area contributed by atoms with Crippen LogP contribution in [-0.2, 0) is 4.79 Å². The molecule has 0 bridgehead atoms. The van der Waals surface area contributed by atoms with Crippen LogP contribution < -0.4 is 10.6 Å². The lowest BCUT2D eigenvalue weighted by molar-refractivity contribution is -0.112. The molecular formula is C47H28Cl2N6O5. The average Bonchev–Trinajstić information content (AvgIpc) is 3.63. The summed E-state index contributed by atoms with van der Waals surface area (Å²) in [6.07, 6.45) is 3.40. The molecule has 0 aliphatic heterocycles. The number of halogens is 2. The molecule has 7 aromatic rings. The summed E-state index contributed by atoms with van der Waals surface area (Å²) in [6, 6.07) is 37.9. The van der Waals surface area contributed by atoms with Gasteiger partial charge in [0, 0.05) is 16.3 Å². The van der Waals surface area contributed by atoms with Gasteiger partial charge in [-0.15, -0.1) is 20.5 Å². The van der Waals surface area contributed by atoms with E-state index in [1.165, 1.54) is 12.1 Å². The quantitative estimate of drug-likeness (QED) is 0.112.